The monoisotopic (exact) mass is 473 g/mol. The zero-order valence-corrected chi connectivity index (χ0v) is 19.2. The molecule has 0 bridgehead atoms. The molecule has 2 fully saturated rings. The highest BCUT2D eigenvalue weighted by atomic mass is 32.2. The lowest BCUT2D eigenvalue weighted by Crippen LogP contribution is -2.36. The molecule has 0 unspecified atom stereocenters. The molecular weight excluding hydrogens is 445 g/mol. The average Bonchev–Trinajstić information content (AvgIpc) is 3.33. The lowest BCUT2D eigenvalue weighted by atomic mass is 10.1. The van der Waals surface area contributed by atoms with E-state index >= 15 is 0 Å². The first kappa shape index (κ1) is 23.4. The Morgan fingerprint density at radius 1 is 0.909 bits per heavy atom. The Hall–Kier alpha value is -2.78. The molecule has 2 amide bonds. The molecule has 0 atom stereocenters. The van der Waals surface area contributed by atoms with Gasteiger partial charge in [0, 0.05) is 24.7 Å². The fraction of sp³-hybridized carbons (Fsp3) is 0.417. The number of sulfonamides is 1. The second kappa shape index (κ2) is 10.0. The number of carbonyl (C=O) groups is 2. The third-order valence-corrected chi connectivity index (χ3v) is 8.15. The maximum Gasteiger partial charge on any atom is 0.255 e. The van der Waals surface area contributed by atoms with Crippen LogP contribution in [0.15, 0.2) is 47.4 Å². The van der Waals surface area contributed by atoms with Gasteiger partial charge in [0.05, 0.1) is 11.3 Å². The van der Waals surface area contributed by atoms with Crippen molar-refractivity contribution in [1.82, 2.24) is 9.62 Å². The van der Waals surface area contributed by atoms with Crippen molar-refractivity contribution in [3.05, 3.63) is 59.4 Å². The highest BCUT2D eigenvalue weighted by Gasteiger charge is 2.29. The maximum atomic E-state index is 14.5. The van der Waals surface area contributed by atoms with Crippen LogP contribution in [0.1, 0.15) is 65.7 Å². The van der Waals surface area contributed by atoms with E-state index in [0.29, 0.717) is 24.3 Å². The van der Waals surface area contributed by atoms with E-state index in [4.69, 9.17) is 0 Å². The van der Waals surface area contributed by atoms with Crippen LogP contribution in [0.4, 0.5) is 10.1 Å². The second-order valence-electron chi connectivity index (χ2n) is 8.56. The molecule has 33 heavy (non-hydrogen) atoms. The molecule has 2 aromatic rings. The average molecular weight is 474 g/mol. The predicted molar refractivity (Wildman–Crippen MR) is 123 cm³/mol. The molecule has 176 valence electrons. The Morgan fingerprint density at radius 3 is 2.33 bits per heavy atom. The van der Waals surface area contributed by atoms with Crippen molar-refractivity contribution < 1.29 is 22.4 Å². The Bertz CT molecular complexity index is 1140. The number of piperidine rings is 1. The van der Waals surface area contributed by atoms with E-state index in [1.807, 2.05) is 0 Å². The molecule has 1 saturated heterocycles. The predicted octanol–water partition coefficient (Wildman–Crippen LogP) is 3.93. The smallest absolute Gasteiger partial charge is 0.255 e. The van der Waals surface area contributed by atoms with Gasteiger partial charge in [-0.05, 0) is 56.0 Å². The third kappa shape index (κ3) is 5.25. The summed E-state index contributed by atoms with van der Waals surface area (Å²) in [7, 11) is -4.04. The topological polar surface area (TPSA) is 95.6 Å². The van der Waals surface area contributed by atoms with E-state index in [1.54, 1.807) is 24.3 Å². The maximum absolute atomic E-state index is 14.5. The van der Waals surface area contributed by atoms with E-state index in [2.05, 4.69) is 10.6 Å². The summed E-state index contributed by atoms with van der Waals surface area (Å²) >= 11 is 0. The highest BCUT2D eigenvalue weighted by molar-refractivity contribution is 7.89. The number of nitrogens with one attached hydrogen (secondary N) is 2. The van der Waals surface area contributed by atoms with Gasteiger partial charge in [0.25, 0.3) is 11.8 Å². The molecule has 7 nitrogen and oxygen atoms in total. The molecule has 0 spiro atoms. The van der Waals surface area contributed by atoms with Crippen LogP contribution in [0.2, 0.25) is 0 Å². The van der Waals surface area contributed by atoms with Crippen molar-refractivity contribution in [3.63, 3.8) is 0 Å². The number of para-hydroxylation sites is 1. The molecule has 0 aromatic heterocycles. The van der Waals surface area contributed by atoms with Crippen molar-refractivity contribution >= 4 is 27.5 Å². The summed E-state index contributed by atoms with van der Waals surface area (Å²) in [6.45, 7) is 0.670. The molecule has 1 heterocycles. The zero-order chi connectivity index (χ0) is 23.4. The van der Waals surface area contributed by atoms with E-state index in [0.717, 1.165) is 57.1 Å². The van der Waals surface area contributed by atoms with Crippen LogP contribution >= 0.6 is 0 Å². The molecular formula is C24H28FN3O4S. The number of halogens is 1. The number of carbonyl (C=O) groups excluding carboxylic acids is 2. The third-order valence-electron chi connectivity index (χ3n) is 6.24. The number of benzene rings is 2. The minimum Gasteiger partial charge on any atom is -0.349 e. The van der Waals surface area contributed by atoms with Crippen LogP contribution in [0.3, 0.4) is 0 Å². The van der Waals surface area contributed by atoms with Crippen LogP contribution in [-0.4, -0.2) is 43.7 Å². The first-order valence-electron chi connectivity index (χ1n) is 11.4. The largest absolute Gasteiger partial charge is 0.349 e. The van der Waals surface area contributed by atoms with Crippen LogP contribution in [-0.2, 0) is 10.0 Å². The zero-order valence-electron chi connectivity index (χ0n) is 18.3. The van der Waals surface area contributed by atoms with Crippen molar-refractivity contribution in [2.24, 2.45) is 0 Å². The van der Waals surface area contributed by atoms with Gasteiger partial charge in [-0.2, -0.15) is 4.31 Å². The van der Waals surface area contributed by atoms with Gasteiger partial charge in [0.1, 0.15) is 10.7 Å². The van der Waals surface area contributed by atoms with Crippen LogP contribution in [0.25, 0.3) is 0 Å². The molecule has 2 aliphatic rings. The van der Waals surface area contributed by atoms with Crippen LogP contribution in [0.5, 0.6) is 0 Å². The summed E-state index contributed by atoms with van der Waals surface area (Å²) in [4.78, 5) is 25.2. The summed E-state index contributed by atoms with van der Waals surface area (Å²) in [6, 6.07) is 10.1. The Morgan fingerprint density at radius 2 is 1.61 bits per heavy atom. The Balaban J connectivity index is 1.55. The van der Waals surface area contributed by atoms with Gasteiger partial charge >= 0.3 is 0 Å². The van der Waals surface area contributed by atoms with E-state index < -0.39 is 26.6 Å². The van der Waals surface area contributed by atoms with Gasteiger partial charge in [-0.1, -0.05) is 31.4 Å². The van der Waals surface area contributed by atoms with Crippen LogP contribution < -0.4 is 10.6 Å². The molecule has 0 radical (unpaired) electrons. The molecule has 4 rings (SSSR count). The normalized spacial score (nSPS) is 17.6. The quantitative estimate of drug-likeness (QED) is 0.665. The van der Waals surface area contributed by atoms with Crippen molar-refractivity contribution in [2.75, 3.05) is 18.4 Å². The number of hydrogen-bond acceptors (Lipinski definition) is 4. The molecule has 1 aliphatic heterocycles. The summed E-state index contributed by atoms with van der Waals surface area (Å²) in [5, 5.41) is 5.68. The van der Waals surface area contributed by atoms with E-state index in [9.17, 15) is 22.4 Å². The minimum absolute atomic E-state index is 0.00186. The van der Waals surface area contributed by atoms with Gasteiger partial charge < -0.3 is 10.6 Å². The van der Waals surface area contributed by atoms with E-state index in [1.165, 1.54) is 10.4 Å². The summed E-state index contributed by atoms with van der Waals surface area (Å²) in [6.07, 6.45) is 6.41. The Kier molecular flexibility index (Phi) is 7.09. The summed E-state index contributed by atoms with van der Waals surface area (Å²) < 4.78 is 41.6. The molecule has 1 aliphatic carbocycles. The summed E-state index contributed by atoms with van der Waals surface area (Å²) in [5.74, 6) is -1.79. The van der Waals surface area contributed by atoms with Crippen LogP contribution in [0, 0.1) is 5.82 Å². The number of nitrogens with zero attached hydrogens (tertiary/aromatic N) is 1. The van der Waals surface area contributed by atoms with Gasteiger partial charge in [-0.15, -0.1) is 0 Å². The molecule has 2 N–H and O–H groups in total. The first-order valence-corrected chi connectivity index (χ1v) is 12.8. The first-order chi connectivity index (χ1) is 15.9. The second-order valence-corrected chi connectivity index (χ2v) is 10.5. The number of rotatable bonds is 6. The highest BCUT2D eigenvalue weighted by Crippen LogP contribution is 2.25. The van der Waals surface area contributed by atoms with Crippen molar-refractivity contribution in [3.8, 4) is 0 Å². The standard InChI is InChI=1S/C24H28FN3O4S/c25-20-13-12-17(16-22(20)33(31,32)28-14-6-1-7-15-28)23(29)27-21-11-5-4-10-19(21)24(30)26-18-8-2-3-9-18/h4-5,10-13,16,18H,1-3,6-9,14-15H2,(H,26,30)(H,27,29). The van der Waals surface area contributed by atoms with Gasteiger partial charge in [0.15, 0.2) is 0 Å². The van der Waals surface area contributed by atoms with Gasteiger partial charge in [0.2, 0.25) is 10.0 Å². The summed E-state index contributed by atoms with van der Waals surface area (Å²) in [5.41, 5.74) is 0.627. The fourth-order valence-electron chi connectivity index (χ4n) is 4.40. The molecule has 9 heteroatoms. The molecule has 1 saturated carbocycles. The SMILES string of the molecule is O=C(Nc1ccccc1C(=O)NC1CCCC1)c1ccc(F)c(S(=O)(=O)N2CCCCC2)c1. The molecule has 2 aromatic carbocycles. The lowest BCUT2D eigenvalue weighted by Gasteiger charge is -2.26. The fourth-order valence-corrected chi connectivity index (χ4v) is 6.01. The Labute approximate surface area is 193 Å². The minimum atomic E-state index is -4.04. The van der Waals surface area contributed by atoms with E-state index in [-0.39, 0.29) is 17.5 Å². The lowest BCUT2D eigenvalue weighted by molar-refractivity contribution is 0.0938. The van der Waals surface area contributed by atoms with Gasteiger partial charge in [-0.3, -0.25) is 9.59 Å². The van der Waals surface area contributed by atoms with Crippen molar-refractivity contribution in [2.45, 2.75) is 55.9 Å². The van der Waals surface area contributed by atoms with Crippen molar-refractivity contribution in [1.29, 1.82) is 0 Å². The number of amides is 2. The number of anilines is 1. The number of hydrogen-bond donors (Lipinski definition) is 2. The van der Waals surface area contributed by atoms with Gasteiger partial charge in [-0.25, -0.2) is 12.8 Å².